The number of hydrogen-bond donors (Lipinski definition) is 1. The van der Waals surface area contributed by atoms with Gasteiger partial charge >= 0.3 is 0 Å². The Morgan fingerprint density at radius 2 is 1.94 bits per heavy atom. The molecule has 0 saturated heterocycles. The van der Waals surface area contributed by atoms with Gasteiger partial charge in [-0.1, -0.05) is 24.3 Å². The number of rotatable bonds is 2. The monoisotopic (exact) mass is 213 g/mol. The molecule has 0 spiro atoms. The van der Waals surface area contributed by atoms with E-state index < -0.39 is 0 Å². The number of benzene rings is 1. The van der Waals surface area contributed by atoms with Crippen molar-refractivity contribution in [1.29, 1.82) is 0 Å². The zero-order chi connectivity index (χ0) is 11.1. The molecule has 1 aliphatic carbocycles. The average molecular weight is 213 g/mol. The number of nitrogens with two attached hydrogens (primary N) is 1. The van der Waals surface area contributed by atoms with Gasteiger partial charge in [-0.15, -0.1) is 0 Å². The van der Waals surface area contributed by atoms with Crippen molar-refractivity contribution in [3.8, 4) is 11.1 Å². The van der Waals surface area contributed by atoms with Crippen LogP contribution in [0.1, 0.15) is 17.9 Å². The highest BCUT2D eigenvalue weighted by molar-refractivity contribution is 5.62. The second-order valence-corrected chi connectivity index (χ2v) is 4.53. The second-order valence-electron chi connectivity index (χ2n) is 4.53. The van der Waals surface area contributed by atoms with E-state index in [0.29, 0.717) is 12.0 Å². The molecular weight excluding hydrogens is 198 g/mol. The zero-order valence-electron chi connectivity index (χ0n) is 9.30. The molecule has 0 aliphatic heterocycles. The molecule has 2 aromatic rings. The SMILES string of the molecule is Cn1cc(-c2ccc(C3CC3N)cc2)cn1. The topological polar surface area (TPSA) is 43.8 Å². The molecular formula is C13H15N3. The summed E-state index contributed by atoms with van der Waals surface area (Å²) in [6, 6.07) is 9.04. The Morgan fingerprint density at radius 3 is 2.44 bits per heavy atom. The molecule has 2 N–H and O–H groups in total. The molecule has 3 heteroatoms. The maximum Gasteiger partial charge on any atom is 0.0568 e. The van der Waals surface area contributed by atoms with Gasteiger partial charge in [-0.3, -0.25) is 4.68 Å². The first kappa shape index (κ1) is 9.60. The summed E-state index contributed by atoms with van der Waals surface area (Å²) < 4.78 is 1.82. The summed E-state index contributed by atoms with van der Waals surface area (Å²) in [5.41, 5.74) is 9.57. The average Bonchev–Trinajstić information content (AvgIpc) is 2.86. The molecule has 2 atom stereocenters. The predicted molar refractivity (Wildman–Crippen MR) is 64.0 cm³/mol. The molecule has 0 radical (unpaired) electrons. The van der Waals surface area contributed by atoms with Crippen molar-refractivity contribution in [1.82, 2.24) is 9.78 Å². The van der Waals surface area contributed by atoms with Crippen LogP contribution in [0.4, 0.5) is 0 Å². The fourth-order valence-corrected chi connectivity index (χ4v) is 2.09. The van der Waals surface area contributed by atoms with Gasteiger partial charge in [-0.25, -0.2) is 0 Å². The molecule has 1 aromatic carbocycles. The largest absolute Gasteiger partial charge is 0.327 e. The van der Waals surface area contributed by atoms with Crippen molar-refractivity contribution in [2.24, 2.45) is 12.8 Å². The molecule has 16 heavy (non-hydrogen) atoms. The minimum atomic E-state index is 0.379. The lowest BCUT2D eigenvalue weighted by Crippen LogP contribution is -2.00. The highest BCUT2D eigenvalue weighted by Gasteiger charge is 2.34. The van der Waals surface area contributed by atoms with Crippen molar-refractivity contribution in [2.45, 2.75) is 18.4 Å². The van der Waals surface area contributed by atoms with Crippen LogP contribution in [0, 0.1) is 0 Å². The Balaban J connectivity index is 1.87. The zero-order valence-corrected chi connectivity index (χ0v) is 9.30. The maximum atomic E-state index is 5.84. The first-order valence-corrected chi connectivity index (χ1v) is 5.58. The van der Waals surface area contributed by atoms with Crippen molar-refractivity contribution < 1.29 is 0 Å². The number of nitrogens with zero attached hydrogens (tertiary/aromatic N) is 2. The summed E-state index contributed by atoms with van der Waals surface area (Å²) in [6.45, 7) is 0. The minimum Gasteiger partial charge on any atom is -0.327 e. The maximum absolute atomic E-state index is 5.84. The second kappa shape index (κ2) is 3.46. The van der Waals surface area contributed by atoms with Gasteiger partial charge in [-0.05, 0) is 17.5 Å². The van der Waals surface area contributed by atoms with Crippen LogP contribution in [0.15, 0.2) is 36.7 Å². The number of hydrogen-bond acceptors (Lipinski definition) is 2. The summed E-state index contributed by atoms with van der Waals surface area (Å²) in [7, 11) is 1.93. The van der Waals surface area contributed by atoms with Gasteiger partial charge in [0.25, 0.3) is 0 Å². The fraction of sp³-hybridized carbons (Fsp3) is 0.308. The van der Waals surface area contributed by atoms with E-state index in [1.165, 1.54) is 11.1 Å². The molecule has 3 nitrogen and oxygen atoms in total. The molecule has 1 fully saturated rings. The third-order valence-corrected chi connectivity index (χ3v) is 3.22. The van der Waals surface area contributed by atoms with Gasteiger partial charge in [0.05, 0.1) is 6.20 Å². The van der Waals surface area contributed by atoms with Crippen LogP contribution in [-0.4, -0.2) is 15.8 Å². The smallest absolute Gasteiger partial charge is 0.0568 e. The van der Waals surface area contributed by atoms with Gasteiger partial charge in [-0.2, -0.15) is 5.10 Å². The minimum absolute atomic E-state index is 0.379. The van der Waals surface area contributed by atoms with E-state index in [2.05, 4.69) is 29.4 Å². The third-order valence-electron chi connectivity index (χ3n) is 3.22. The van der Waals surface area contributed by atoms with Gasteiger partial charge in [0, 0.05) is 30.8 Å². The van der Waals surface area contributed by atoms with Crippen molar-refractivity contribution >= 4 is 0 Å². The lowest BCUT2D eigenvalue weighted by Gasteiger charge is -2.01. The van der Waals surface area contributed by atoms with E-state index in [4.69, 9.17) is 5.73 Å². The Hall–Kier alpha value is -1.61. The lowest BCUT2D eigenvalue weighted by molar-refractivity contribution is 0.768. The van der Waals surface area contributed by atoms with Crippen molar-refractivity contribution in [2.75, 3.05) is 0 Å². The molecule has 1 heterocycles. The molecule has 0 amide bonds. The Kier molecular flexibility index (Phi) is 2.07. The lowest BCUT2D eigenvalue weighted by atomic mass is 10.0. The van der Waals surface area contributed by atoms with Crippen molar-refractivity contribution in [3.63, 3.8) is 0 Å². The number of aryl methyl sites for hydroxylation is 1. The molecule has 2 unspecified atom stereocenters. The molecule has 1 saturated carbocycles. The fourth-order valence-electron chi connectivity index (χ4n) is 2.09. The highest BCUT2D eigenvalue weighted by atomic mass is 15.2. The Morgan fingerprint density at radius 1 is 1.25 bits per heavy atom. The van der Waals surface area contributed by atoms with Crippen LogP contribution in [0.25, 0.3) is 11.1 Å². The van der Waals surface area contributed by atoms with Gasteiger partial charge in [0.2, 0.25) is 0 Å². The van der Waals surface area contributed by atoms with E-state index >= 15 is 0 Å². The molecule has 82 valence electrons. The summed E-state index contributed by atoms with van der Waals surface area (Å²) in [5.74, 6) is 0.586. The summed E-state index contributed by atoms with van der Waals surface area (Å²) >= 11 is 0. The van der Waals surface area contributed by atoms with E-state index in [1.807, 2.05) is 24.1 Å². The molecule has 0 bridgehead atoms. The van der Waals surface area contributed by atoms with E-state index in [9.17, 15) is 0 Å². The van der Waals surface area contributed by atoms with Gasteiger partial charge < -0.3 is 5.73 Å². The molecule has 3 rings (SSSR count). The van der Waals surface area contributed by atoms with Crippen molar-refractivity contribution in [3.05, 3.63) is 42.2 Å². The first-order valence-electron chi connectivity index (χ1n) is 5.58. The Bertz CT molecular complexity index is 498. The van der Waals surface area contributed by atoms with Crippen LogP contribution in [-0.2, 0) is 7.05 Å². The van der Waals surface area contributed by atoms with Gasteiger partial charge in [0.1, 0.15) is 0 Å². The molecule has 1 aromatic heterocycles. The third kappa shape index (κ3) is 1.63. The Labute approximate surface area is 94.9 Å². The first-order chi connectivity index (χ1) is 7.74. The van der Waals surface area contributed by atoms with E-state index in [-0.39, 0.29) is 0 Å². The molecule has 1 aliphatic rings. The summed E-state index contributed by atoms with van der Waals surface area (Å²) in [5, 5.41) is 4.17. The standard InChI is InChI=1S/C13H15N3/c1-16-8-11(7-15-16)9-2-4-10(5-3-9)12-6-13(12)14/h2-5,7-8,12-13H,6,14H2,1H3. The van der Waals surface area contributed by atoms with Gasteiger partial charge in [0.15, 0.2) is 0 Å². The van der Waals surface area contributed by atoms with Crippen LogP contribution in [0.5, 0.6) is 0 Å². The van der Waals surface area contributed by atoms with Crippen LogP contribution < -0.4 is 5.73 Å². The summed E-state index contributed by atoms with van der Waals surface area (Å²) in [6.07, 6.45) is 5.04. The normalized spacial score (nSPS) is 23.4. The highest BCUT2D eigenvalue weighted by Crippen LogP contribution is 2.39. The van der Waals surface area contributed by atoms with E-state index in [1.54, 1.807) is 0 Å². The number of aromatic nitrogens is 2. The van der Waals surface area contributed by atoms with Crippen LogP contribution in [0.3, 0.4) is 0 Å². The van der Waals surface area contributed by atoms with Crippen LogP contribution in [0.2, 0.25) is 0 Å². The predicted octanol–water partition coefficient (Wildman–Crippen LogP) is 1.90. The quantitative estimate of drug-likeness (QED) is 0.828. The summed E-state index contributed by atoms with van der Waals surface area (Å²) in [4.78, 5) is 0. The van der Waals surface area contributed by atoms with Crippen LogP contribution >= 0.6 is 0 Å². The van der Waals surface area contributed by atoms with E-state index in [0.717, 1.165) is 12.0 Å².